The molecule has 190 valence electrons. The van der Waals surface area contributed by atoms with Gasteiger partial charge in [0.25, 0.3) is 0 Å². The Morgan fingerprint density at radius 3 is 1.81 bits per heavy atom. The van der Waals surface area contributed by atoms with Gasteiger partial charge in [0.2, 0.25) is 0 Å². The maximum atomic E-state index is 2.43. The summed E-state index contributed by atoms with van der Waals surface area (Å²) in [6.07, 6.45) is 3.77. The van der Waals surface area contributed by atoms with Crippen LogP contribution in [0.25, 0.3) is 21.9 Å². The van der Waals surface area contributed by atoms with Gasteiger partial charge in [-0.05, 0) is 35.8 Å². The Morgan fingerprint density at radius 1 is 0.778 bits per heavy atom. The molecule has 0 fully saturated rings. The SMILES string of the molecule is C[Si]C.Cc1[cH-]c(C)c(C)c1C.Cc1cc2c(-c3ccc(C(C)(C)C)cc3)c3c(cc2[cH-]1)CCC3.[Hf]. The molecule has 4 aromatic carbocycles. The molecule has 5 rings (SSSR count). The van der Waals surface area contributed by atoms with Gasteiger partial charge in [-0.25, -0.2) is 0 Å². The van der Waals surface area contributed by atoms with Crippen LogP contribution in [0.1, 0.15) is 71.7 Å². The Bertz CT molecular complexity index is 1250. The van der Waals surface area contributed by atoms with Gasteiger partial charge in [-0.15, -0.1) is 28.5 Å². The van der Waals surface area contributed by atoms with Crippen molar-refractivity contribution in [1.29, 1.82) is 0 Å². The van der Waals surface area contributed by atoms with E-state index >= 15 is 0 Å². The third-order valence-corrected chi connectivity index (χ3v) is 7.45. The second-order valence-corrected chi connectivity index (χ2v) is 12.4. The smallest absolute Gasteiger partial charge is 0.0307 e. The van der Waals surface area contributed by atoms with Crippen LogP contribution in [0.3, 0.4) is 0 Å². The van der Waals surface area contributed by atoms with E-state index in [1.807, 2.05) is 0 Å². The normalized spacial score (nSPS) is 12.3. The second-order valence-electron chi connectivity index (χ2n) is 11.4. The summed E-state index contributed by atoms with van der Waals surface area (Å²) in [5.41, 5.74) is 14.8. The van der Waals surface area contributed by atoms with Crippen molar-refractivity contribution >= 4 is 20.3 Å². The average molecular weight is 659 g/mol. The molecule has 2 radical (unpaired) electrons. The molecule has 0 saturated heterocycles. The Morgan fingerprint density at radius 2 is 1.33 bits per heavy atom. The Hall–Kier alpha value is -1.51. The van der Waals surface area contributed by atoms with E-state index in [1.165, 1.54) is 74.5 Å². The predicted molar refractivity (Wildman–Crippen MR) is 159 cm³/mol. The minimum Gasteiger partial charge on any atom is -0.196 e. The monoisotopic (exact) mass is 660 g/mol. The van der Waals surface area contributed by atoms with Crippen molar-refractivity contribution in [1.82, 2.24) is 0 Å². The average Bonchev–Trinajstić information content (AvgIpc) is 3.46. The summed E-state index contributed by atoms with van der Waals surface area (Å²) in [7, 11) is 1.08. The molecular formula is C34H44HfSi-2. The Labute approximate surface area is 242 Å². The summed E-state index contributed by atoms with van der Waals surface area (Å²) in [6.45, 7) is 22.0. The van der Waals surface area contributed by atoms with Crippen molar-refractivity contribution < 1.29 is 25.8 Å². The van der Waals surface area contributed by atoms with Gasteiger partial charge in [-0.1, -0.05) is 109 Å². The predicted octanol–water partition coefficient (Wildman–Crippen LogP) is 9.74. The van der Waals surface area contributed by atoms with Gasteiger partial charge in [-0.3, -0.25) is 0 Å². The molecule has 36 heavy (non-hydrogen) atoms. The van der Waals surface area contributed by atoms with E-state index in [-0.39, 0.29) is 31.3 Å². The molecule has 0 unspecified atom stereocenters. The first-order chi connectivity index (χ1) is 16.5. The number of rotatable bonds is 1. The zero-order chi connectivity index (χ0) is 25.9. The van der Waals surface area contributed by atoms with Crippen LogP contribution in [0, 0.1) is 34.6 Å². The first kappa shape index (κ1) is 30.7. The summed E-state index contributed by atoms with van der Waals surface area (Å²) in [6, 6.07) is 18.6. The number of aryl methyl sites for hydroxylation is 4. The van der Waals surface area contributed by atoms with E-state index in [2.05, 4.69) is 117 Å². The summed E-state index contributed by atoms with van der Waals surface area (Å²) >= 11 is 0. The molecular weight excluding hydrogens is 615 g/mol. The van der Waals surface area contributed by atoms with E-state index in [9.17, 15) is 0 Å². The fraction of sp³-hybridized carbons (Fsp3) is 0.412. The Balaban J connectivity index is 0.000000295. The largest absolute Gasteiger partial charge is 0.196 e. The fourth-order valence-electron chi connectivity index (χ4n) is 5.17. The van der Waals surface area contributed by atoms with Gasteiger partial charge in [0.05, 0.1) is 0 Å². The van der Waals surface area contributed by atoms with Crippen LogP contribution in [0.5, 0.6) is 0 Å². The van der Waals surface area contributed by atoms with Crippen molar-refractivity contribution in [3.8, 4) is 11.1 Å². The number of hydrogen-bond acceptors (Lipinski definition) is 0. The number of hydrogen-bond donors (Lipinski definition) is 0. The van der Waals surface area contributed by atoms with E-state index in [4.69, 9.17) is 0 Å². The third-order valence-electron chi connectivity index (χ3n) is 7.45. The van der Waals surface area contributed by atoms with Crippen LogP contribution in [0.4, 0.5) is 0 Å². The van der Waals surface area contributed by atoms with E-state index in [0.717, 1.165) is 9.52 Å². The fourth-order valence-corrected chi connectivity index (χ4v) is 5.17. The second kappa shape index (κ2) is 12.8. The first-order valence-corrected chi connectivity index (χ1v) is 15.1. The van der Waals surface area contributed by atoms with E-state index in [1.54, 1.807) is 11.1 Å². The molecule has 2 heteroatoms. The van der Waals surface area contributed by atoms with Crippen LogP contribution in [0.15, 0.2) is 48.5 Å². The molecule has 0 atom stereocenters. The maximum absolute atomic E-state index is 2.43. The summed E-state index contributed by atoms with van der Waals surface area (Å²) in [5.74, 6) is 0. The van der Waals surface area contributed by atoms with Gasteiger partial charge in [-0.2, -0.15) is 34.4 Å². The summed E-state index contributed by atoms with van der Waals surface area (Å²) < 4.78 is 0. The molecule has 0 nitrogen and oxygen atoms in total. The van der Waals surface area contributed by atoms with Crippen LogP contribution in [0.2, 0.25) is 13.1 Å². The molecule has 0 heterocycles. The van der Waals surface area contributed by atoms with Crippen LogP contribution < -0.4 is 0 Å². The summed E-state index contributed by atoms with van der Waals surface area (Å²) in [5, 5.41) is 2.85. The van der Waals surface area contributed by atoms with Crippen LogP contribution in [-0.2, 0) is 44.1 Å². The van der Waals surface area contributed by atoms with Gasteiger partial charge in [0.1, 0.15) is 0 Å². The molecule has 1 aliphatic carbocycles. The number of benzene rings is 2. The standard InChI is InChI=1S/C23H25.C9H13.C2H6Si.Hf/c1-15-12-18-14-17-6-5-7-20(17)22(21(18)13-15)16-8-10-19(11-9-16)23(2,3)4;1-6-5-7(2)9(4)8(6)3;1-3-2;/h8-14H,5-7H2,1-4H3;5H,1-4H3;1-2H3;/q2*-1;;. The minimum atomic E-state index is 0. The molecule has 0 spiro atoms. The molecule has 1 aliphatic rings. The van der Waals surface area contributed by atoms with Gasteiger partial charge in [0, 0.05) is 35.4 Å². The van der Waals surface area contributed by atoms with Gasteiger partial charge in [0.15, 0.2) is 0 Å². The molecule has 4 aromatic rings. The van der Waals surface area contributed by atoms with E-state index in [0.29, 0.717) is 0 Å². The number of fused-ring (bicyclic) bond motifs is 2. The van der Waals surface area contributed by atoms with Crippen molar-refractivity contribution in [3.05, 3.63) is 93.0 Å². The van der Waals surface area contributed by atoms with Crippen molar-refractivity contribution in [2.24, 2.45) is 0 Å². The molecule has 0 N–H and O–H groups in total. The van der Waals surface area contributed by atoms with Crippen LogP contribution >= 0.6 is 0 Å². The van der Waals surface area contributed by atoms with Crippen molar-refractivity contribution in [2.75, 3.05) is 0 Å². The molecule has 0 aromatic heterocycles. The zero-order valence-corrected chi connectivity index (χ0v) is 28.8. The van der Waals surface area contributed by atoms with Crippen molar-refractivity contribution in [2.45, 2.75) is 93.2 Å². The molecule has 0 aliphatic heterocycles. The maximum Gasteiger partial charge on any atom is 0.0307 e. The third kappa shape index (κ3) is 6.87. The van der Waals surface area contributed by atoms with Gasteiger partial charge >= 0.3 is 0 Å². The van der Waals surface area contributed by atoms with Gasteiger partial charge < -0.3 is 0 Å². The minimum absolute atomic E-state index is 0. The molecule has 0 bridgehead atoms. The Kier molecular flexibility index (Phi) is 10.9. The molecule has 0 amide bonds. The topological polar surface area (TPSA) is 0 Å². The van der Waals surface area contributed by atoms with Crippen LogP contribution in [-0.4, -0.2) is 9.52 Å². The zero-order valence-electron chi connectivity index (χ0n) is 24.2. The molecule has 0 saturated carbocycles. The quantitative estimate of drug-likeness (QED) is 0.141. The first-order valence-electron chi connectivity index (χ1n) is 13.1. The van der Waals surface area contributed by atoms with E-state index < -0.39 is 0 Å². The summed E-state index contributed by atoms with van der Waals surface area (Å²) in [4.78, 5) is 0. The van der Waals surface area contributed by atoms with Crippen molar-refractivity contribution in [3.63, 3.8) is 0 Å².